The fraction of sp³-hybridized carbons (Fsp3) is 0.404. The van der Waals surface area contributed by atoms with E-state index in [-0.39, 0.29) is 41.8 Å². The highest BCUT2D eigenvalue weighted by atomic mass is 16.5. The molecule has 3 aliphatic rings. The predicted octanol–water partition coefficient (Wildman–Crippen LogP) is 7.32. The largest absolute Gasteiger partial charge is 0.453 e. The summed E-state index contributed by atoms with van der Waals surface area (Å²) in [5, 5.41) is 5.46. The van der Waals surface area contributed by atoms with Gasteiger partial charge in [0.15, 0.2) is 0 Å². The number of likely N-dealkylation sites (tertiary alicyclic amines) is 2. The van der Waals surface area contributed by atoms with Crippen molar-refractivity contribution < 1.29 is 33.4 Å². The number of carbonyl (C=O) groups is 4. The zero-order valence-electron chi connectivity index (χ0n) is 35.6. The van der Waals surface area contributed by atoms with Gasteiger partial charge in [0.2, 0.25) is 5.91 Å². The van der Waals surface area contributed by atoms with Gasteiger partial charge in [0.05, 0.1) is 44.8 Å². The molecule has 0 radical (unpaired) electrons. The highest BCUT2D eigenvalue weighted by Crippen LogP contribution is 2.38. The second kappa shape index (κ2) is 19.0. The molecule has 0 spiro atoms. The number of alkyl carbamates (subject to hydrolysis) is 2. The Labute approximate surface area is 356 Å². The van der Waals surface area contributed by atoms with Crippen molar-refractivity contribution in [2.24, 2.45) is 16.8 Å². The minimum atomic E-state index is -0.930. The van der Waals surface area contributed by atoms with Crippen LogP contribution in [0.1, 0.15) is 75.5 Å². The molecule has 1 aromatic heterocycles. The summed E-state index contributed by atoms with van der Waals surface area (Å²) in [7, 11) is 4.23. The second-order valence-electron chi connectivity index (χ2n) is 16.4. The van der Waals surface area contributed by atoms with Crippen LogP contribution in [0, 0.1) is 11.8 Å². The number of aromatic nitrogens is 2. The summed E-state index contributed by atoms with van der Waals surface area (Å²) in [4.78, 5) is 69.2. The Morgan fingerprint density at radius 2 is 1.44 bits per heavy atom. The van der Waals surface area contributed by atoms with Crippen LogP contribution in [-0.4, -0.2) is 102 Å². The first-order chi connectivity index (χ1) is 29.5. The van der Waals surface area contributed by atoms with Crippen LogP contribution in [-0.2, 0) is 23.8 Å². The summed E-state index contributed by atoms with van der Waals surface area (Å²) in [6, 6.07) is 23.8. The third kappa shape index (κ3) is 9.39. The number of imidazole rings is 1. The summed E-state index contributed by atoms with van der Waals surface area (Å²) in [5.74, 6) is 0.288. The molecule has 4 amide bonds. The smallest absolute Gasteiger partial charge is 0.407 e. The first-order valence-electron chi connectivity index (χ1n) is 20.9. The molecule has 4 aromatic rings. The molecule has 320 valence electrons. The van der Waals surface area contributed by atoms with Crippen LogP contribution < -0.4 is 10.6 Å². The first kappa shape index (κ1) is 42.8. The molecule has 0 unspecified atom stereocenters. The topological polar surface area (TPSA) is 168 Å². The van der Waals surface area contributed by atoms with E-state index in [4.69, 9.17) is 24.2 Å². The lowest BCUT2D eigenvalue weighted by atomic mass is 9.95. The van der Waals surface area contributed by atoms with Crippen molar-refractivity contribution in [2.75, 3.05) is 34.5 Å². The Balaban J connectivity index is 1.01. The van der Waals surface area contributed by atoms with Gasteiger partial charge in [-0.15, -0.1) is 0 Å². The molecule has 3 aromatic carbocycles. The minimum absolute atomic E-state index is 0.0320. The quantitative estimate of drug-likeness (QED) is 0.126. The molecule has 14 heteroatoms. The van der Waals surface area contributed by atoms with Crippen molar-refractivity contribution in [1.82, 2.24) is 30.4 Å². The number of benzene rings is 3. The normalized spacial score (nSPS) is 20.8. The predicted molar refractivity (Wildman–Crippen MR) is 232 cm³/mol. The maximum atomic E-state index is 14.2. The van der Waals surface area contributed by atoms with Crippen molar-refractivity contribution in [1.29, 1.82) is 0 Å². The molecule has 2 saturated heterocycles. The number of aliphatic imine (C=N–C) groups is 1. The molecular weight excluding hydrogens is 775 g/mol. The molecule has 2 fully saturated rings. The van der Waals surface area contributed by atoms with Gasteiger partial charge in [-0.2, -0.15) is 0 Å². The van der Waals surface area contributed by atoms with E-state index >= 15 is 0 Å². The van der Waals surface area contributed by atoms with Crippen molar-refractivity contribution in [3.63, 3.8) is 0 Å². The number of amides is 4. The average molecular weight is 830 g/mol. The third-order valence-electron chi connectivity index (χ3n) is 12.1. The van der Waals surface area contributed by atoms with E-state index < -0.39 is 24.3 Å². The van der Waals surface area contributed by atoms with E-state index in [9.17, 15) is 19.2 Å². The Morgan fingerprint density at radius 3 is 2.08 bits per heavy atom. The fourth-order valence-electron chi connectivity index (χ4n) is 8.80. The van der Waals surface area contributed by atoms with Crippen molar-refractivity contribution in [3.8, 4) is 22.4 Å². The van der Waals surface area contributed by atoms with E-state index in [0.717, 1.165) is 52.1 Å². The third-order valence-corrected chi connectivity index (χ3v) is 12.1. The van der Waals surface area contributed by atoms with Gasteiger partial charge < -0.3 is 39.6 Å². The molecule has 3 N–H and O–H groups in total. The Morgan fingerprint density at radius 1 is 0.803 bits per heavy atom. The van der Waals surface area contributed by atoms with Gasteiger partial charge >= 0.3 is 12.2 Å². The number of methoxy groups -OCH3 is 3. The van der Waals surface area contributed by atoms with Gasteiger partial charge in [-0.3, -0.25) is 14.6 Å². The average Bonchev–Trinajstić information content (AvgIpc) is 4.11. The number of carbonyl (C=O) groups excluding carboxylic acids is 4. The Bertz CT molecular complexity index is 2250. The summed E-state index contributed by atoms with van der Waals surface area (Å²) in [6.07, 6.45) is 5.39. The lowest BCUT2D eigenvalue weighted by molar-refractivity contribution is -0.136. The SMILES string of the molecule is COC[C@H]1C[C@@H](c2ncc(-c3ccc(-c4ccc(C5=CN=C([C@@H]6CC[C@H](C)N6C(=O)[C@@H](NC(=O)OC)C(C)C)C5)cc4)cc3)[nH]2)N(C(=O)[C@H](NC(=O)OC)c2ccccc2)C1. The second-order valence-corrected chi connectivity index (χ2v) is 16.4. The fourth-order valence-corrected chi connectivity index (χ4v) is 8.80. The highest BCUT2D eigenvalue weighted by Gasteiger charge is 2.43. The molecule has 0 aliphatic carbocycles. The van der Waals surface area contributed by atoms with Crippen LogP contribution in [0.25, 0.3) is 28.0 Å². The molecule has 61 heavy (non-hydrogen) atoms. The number of nitrogens with zero attached hydrogens (tertiary/aromatic N) is 4. The monoisotopic (exact) mass is 829 g/mol. The van der Waals surface area contributed by atoms with E-state index in [1.54, 1.807) is 18.2 Å². The number of allylic oxidation sites excluding steroid dienone is 1. The lowest BCUT2D eigenvalue weighted by Crippen LogP contribution is -2.55. The zero-order chi connectivity index (χ0) is 43.2. The molecule has 6 atom stereocenters. The maximum absolute atomic E-state index is 14.2. The standard InChI is InChI=1S/C47H55N7O7/c1-28(2)41(51-46(57)60-5)45(56)54-29(3)12-21-39(54)37-23-36(24-48-37)33-15-13-31(14-16-33)32-17-19-34(20-18-32)38-25-49-43(50-38)40-22-30(27-59-4)26-53(40)44(55)42(52-47(58)61-6)35-10-8-7-9-11-35/h7-11,13-20,24-25,28-30,39-42H,12,21-23,26-27H2,1-6H3,(H,49,50)(H,51,57)(H,52,58)/t29-,30-,39-,40-,41-,42+/m0/s1. The lowest BCUT2D eigenvalue weighted by Gasteiger charge is -2.33. The van der Waals surface area contributed by atoms with Gasteiger partial charge in [0.25, 0.3) is 5.91 Å². The minimum Gasteiger partial charge on any atom is -0.453 e. The van der Waals surface area contributed by atoms with Gasteiger partial charge in [-0.25, -0.2) is 14.6 Å². The number of hydrogen-bond donors (Lipinski definition) is 3. The number of rotatable bonds is 13. The van der Waals surface area contributed by atoms with Gasteiger partial charge in [-0.05, 0) is 65.5 Å². The van der Waals surface area contributed by atoms with Crippen molar-refractivity contribution >= 4 is 35.3 Å². The van der Waals surface area contributed by atoms with Gasteiger partial charge in [0.1, 0.15) is 17.9 Å². The number of ether oxygens (including phenoxy) is 3. The number of hydrogen-bond acceptors (Lipinski definition) is 9. The summed E-state index contributed by atoms with van der Waals surface area (Å²) < 4.78 is 15.2. The van der Waals surface area contributed by atoms with E-state index in [1.165, 1.54) is 14.2 Å². The van der Waals surface area contributed by atoms with Crippen LogP contribution >= 0.6 is 0 Å². The van der Waals surface area contributed by atoms with Crippen LogP contribution in [0.15, 0.2) is 96.3 Å². The van der Waals surface area contributed by atoms with E-state index in [0.29, 0.717) is 37.4 Å². The number of nitrogens with one attached hydrogen (secondary N) is 3. The van der Waals surface area contributed by atoms with Crippen molar-refractivity contribution in [2.45, 2.75) is 76.7 Å². The molecule has 14 nitrogen and oxygen atoms in total. The summed E-state index contributed by atoms with van der Waals surface area (Å²) in [6.45, 7) is 6.83. The van der Waals surface area contributed by atoms with E-state index in [2.05, 4.69) is 71.1 Å². The van der Waals surface area contributed by atoms with Crippen LogP contribution in [0.5, 0.6) is 0 Å². The molecule has 4 heterocycles. The van der Waals surface area contributed by atoms with Gasteiger partial charge in [0, 0.05) is 43.9 Å². The van der Waals surface area contributed by atoms with E-state index in [1.807, 2.05) is 55.3 Å². The molecular formula is C47H55N7O7. The van der Waals surface area contributed by atoms with Crippen LogP contribution in [0.3, 0.4) is 0 Å². The maximum Gasteiger partial charge on any atom is 0.407 e. The van der Waals surface area contributed by atoms with Gasteiger partial charge in [-0.1, -0.05) is 92.7 Å². The molecule has 0 bridgehead atoms. The zero-order valence-corrected chi connectivity index (χ0v) is 35.6. The molecule has 7 rings (SSSR count). The highest BCUT2D eigenvalue weighted by molar-refractivity contribution is 6.04. The molecule has 3 aliphatic heterocycles. The summed E-state index contributed by atoms with van der Waals surface area (Å²) >= 11 is 0. The Kier molecular flexibility index (Phi) is 13.3. The number of H-pyrrole nitrogens is 1. The first-order valence-corrected chi connectivity index (χ1v) is 20.9. The van der Waals surface area contributed by atoms with Crippen LogP contribution in [0.2, 0.25) is 0 Å². The summed E-state index contributed by atoms with van der Waals surface area (Å²) in [5.41, 5.74) is 7.69. The van der Waals surface area contributed by atoms with Crippen molar-refractivity contribution in [3.05, 3.63) is 108 Å². The van der Waals surface area contributed by atoms with Crippen LogP contribution in [0.4, 0.5) is 9.59 Å². The Hall–Kier alpha value is -6.28. The number of aromatic amines is 1. The molecule has 0 saturated carbocycles.